The van der Waals surface area contributed by atoms with Crippen molar-refractivity contribution in [1.29, 1.82) is 0 Å². The summed E-state index contributed by atoms with van der Waals surface area (Å²) in [6.07, 6.45) is 0. The number of benzene rings is 9. The Balaban J connectivity index is 1.21. The van der Waals surface area contributed by atoms with Crippen LogP contribution in [-0.4, -0.2) is 102 Å². The smallest absolute Gasteiger partial charge is 0.143 e. The molecule has 2 nitrogen and oxygen atoms in total. The van der Waals surface area contributed by atoms with Gasteiger partial charge in [0.15, 0.2) is 0 Å². The lowest BCUT2D eigenvalue weighted by atomic mass is 9.55. The molecule has 10 rings (SSSR count). The summed E-state index contributed by atoms with van der Waals surface area (Å²) in [5.74, 6) is 0. The maximum Gasteiger partial charge on any atom is 0.143 e. The summed E-state index contributed by atoms with van der Waals surface area (Å²) in [6.45, 7) is 0. The van der Waals surface area contributed by atoms with Crippen LogP contribution in [0.3, 0.4) is 0 Å². The zero-order valence-corrected chi connectivity index (χ0v) is 41.6. The molecule has 1 aromatic heterocycles. The summed E-state index contributed by atoms with van der Waals surface area (Å²) in [5.41, 5.74) is 33.1. The number of hydrogen-bond acceptors (Lipinski definition) is 2. The highest BCUT2D eigenvalue weighted by Gasteiger charge is 2.28. The van der Waals surface area contributed by atoms with E-state index in [0.717, 1.165) is 49.8 Å². The summed E-state index contributed by atoms with van der Waals surface area (Å²) in [6, 6.07) is 48.3. The Morgan fingerprint density at radius 2 is 0.791 bits per heavy atom. The summed E-state index contributed by atoms with van der Waals surface area (Å²) >= 11 is 0. The predicted molar refractivity (Wildman–Crippen MR) is 334 cm³/mol. The normalized spacial score (nSPS) is 11.5. The van der Waals surface area contributed by atoms with Crippen LogP contribution in [0, 0.1) is 0 Å². The van der Waals surface area contributed by atoms with E-state index in [9.17, 15) is 0 Å². The van der Waals surface area contributed by atoms with Crippen molar-refractivity contribution >= 4 is 223 Å². The summed E-state index contributed by atoms with van der Waals surface area (Å²) in [5, 5.41) is 4.56. The molecule has 0 aliphatic heterocycles. The fourth-order valence-corrected chi connectivity index (χ4v) is 11.4. The second-order valence-corrected chi connectivity index (χ2v) is 19.2. The lowest BCUT2D eigenvalue weighted by molar-refractivity contribution is 0.673. The number of hydrogen-bond donors (Lipinski definition) is 0. The molecule has 9 aromatic carbocycles. The number of nitrogens with zero attached hydrogens (tertiary/aromatic N) is 1. The van der Waals surface area contributed by atoms with Gasteiger partial charge >= 0.3 is 0 Å². The first-order chi connectivity index (χ1) is 32.2. The lowest BCUT2D eigenvalue weighted by Gasteiger charge is -2.35. The van der Waals surface area contributed by atoms with Crippen LogP contribution in [0.2, 0.25) is 0 Å². The van der Waals surface area contributed by atoms with Gasteiger partial charge < -0.3 is 9.32 Å². The van der Waals surface area contributed by atoms with Crippen molar-refractivity contribution in [1.82, 2.24) is 0 Å². The first-order valence-electron chi connectivity index (χ1n) is 23.9. The van der Waals surface area contributed by atoms with Gasteiger partial charge in [0.1, 0.15) is 113 Å². The van der Waals surface area contributed by atoms with Crippen molar-refractivity contribution in [2.45, 2.75) is 0 Å². The molecule has 306 valence electrons. The van der Waals surface area contributed by atoms with Crippen molar-refractivity contribution in [2.24, 2.45) is 0 Å². The van der Waals surface area contributed by atoms with E-state index in [1.807, 2.05) is 0 Å². The Hall–Kier alpha value is -6.32. The minimum absolute atomic E-state index is 0.890. The van der Waals surface area contributed by atoms with Gasteiger partial charge in [-0.05, 0) is 74.7 Å². The number of furan rings is 1. The molecule has 10 aromatic rings. The molecule has 0 saturated carbocycles. The van der Waals surface area contributed by atoms with Crippen LogP contribution in [0.5, 0.6) is 0 Å². The van der Waals surface area contributed by atoms with Gasteiger partial charge in [0, 0.05) is 33.1 Å². The average molecular weight is 844 g/mol. The zero-order valence-electron chi connectivity index (χ0n) is 41.6. The third-order valence-electron chi connectivity index (χ3n) is 16.0. The summed E-state index contributed by atoms with van der Waals surface area (Å²) < 4.78 is 6.76. The third-order valence-corrected chi connectivity index (χ3v) is 16.0. The highest BCUT2D eigenvalue weighted by molar-refractivity contribution is 6.72. The molecule has 67 heavy (non-hydrogen) atoms. The molecule has 0 N–H and O–H groups in total. The van der Waals surface area contributed by atoms with E-state index in [4.69, 9.17) is 4.42 Å². The van der Waals surface area contributed by atoms with Gasteiger partial charge in [0.05, 0.1) is 5.69 Å². The fraction of sp³-hybridized carbons (Fsp3) is 0. The fourth-order valence-electron chi connectivity index (χ4n) is 11.4. The molecule has 0 aliphatic rings. The van der Waals surface area contributed by atoms with Gasteiger partial charge in [-0.15, -0.1) is 16.4 Å². The zero-order chi connectivity index (χ0) is 47.2. The molecule has 15 heteroatoms. The standard InChI is InChI=1S/C52H48B13NO/c53-38-34(36-42(57)46(61)48(63)47(62)43(36)58)39(54)41(56)35(40(38)55)37-44(59)49(64)51(50(65)45(37)60)66(26-20-17-24(18-21-26)23-9-2-1-3-10-23)31-15-7-6-13-28(31)29-14-8-16-32-33(29)30-22-19-25-11-4-5-12-27(25)52(30)67-32/h1-22H,53-65H2. The highest BCUT2D eigenvalue weighted by atomic mass is 16.3. The van der Waals surface area contributed by atoms with Gasteiger partial charge in [0.25, 0.3) is 0 Å². The van der Waals surface area contributed by atoms with Crippen LogP contribution < -0.4 is 75.9 Å². The molecule has 0 radical (unpaired) electrons. The van der Waals surface area contributed by atoms with Crippen molar-refractivity contribution in [2.75, 3.05) is 4.90 Å². The largest absolute Gasteiger partial charge is 0.455 e. The molecule has 0 saturated heterocycles. The van der Waals surface area contributed by atoms with Gasteiger partial charge in [-0.3, -0.25) is 0 Å². The minimum atomic E-state index is 0.890. The van der Waals surface area contributed by atoms with E-state index in [0.29, 0.717) is 0 Å². The number of anilines is 3. The Kier molecular flexibility index (Phi) is 11.4. The predicted octanol–water partition coefficient (Wildman–Crippen LogP) is -7.76. The minimum Gasteiger partial charge on any atom is -0.455 e. The molecule has 1 heterocycles. The second-order valence-electron chi connectivity index (χ2n) is 19.2. The van der Waals surface area contributed by atoms with Crippen molar-refractivity contribution in [3.05, 3.63) is 133 Å². The van der Waals surface area contributed by atoms with Crippen LogP contribution in [0.25, 0.3) is 77.2 Å². The average Bonchev–Trinajstić information content (AvgIpc) is 3.75. The second kappa shape index (κ2) is 17.1. The van der Waals surface area contributed by atoms with Crippen molar-refractivity contribution < 1.29 is 4.42 Å². The molecule has 0 spiro atoms. The maximum absolute atomic E-state index is 6.76. The maximum atomic E-state index is 6.76. The molecule has 0 fully saturated rings. The van der Waals surface area contributed by atoms with Gasteiger partial charge in [0.2, 0.25) is 0 Å². The third kappa shape index (κ3) is 6.98. The number of rotatable bonds is 7. The van der Waals surface area contributed by atoms with Crippen molar-refractivity contribution in [3.8, 4) is 44.5 Å². The van der Waals surface area contributed by atoms with E-state index < -0.39 is 0 Å². The summed E-state index contributed by atoms with van der Waals surface area (Å²) in [7, 11) is 30.3. The van der Waals surface area contributed by atoms with E-state index >= 15 is 0 Å². The SMILES string of the molecule is Bc1c(B)c(B)c(-c2c(B)c(B)c(-c3c(B)c(B)c(N(c4ccc(-c5ccccc5)cc4)c4ccccc4-c4cccc5oc6c7ccccc7ccc6c45)c(B)c3B)c(B)c2B)c(B)c1B. The Morgan fingerprint density at radius 1 is 0.328 bits per heavy atom. The topological polar surface area (TPSA) is 16.4 Å². The van der Waals surface area contributed by atoms with Gasteiger partial charge in [-0.25, -0.2) is 0 Å². The highest BCUT2D eigenvalue weighted by Crippen LogP contribution is 2.45. The Bertz CT molecular complexity index is 3600. The first kappa shape index (κ1) is 44.5. The number of fused-ring (bicyclic) bond motifs is 5. The van der Waals surface area contributed by atoms with Gasteiger partial charge in [-0.2, -0.15) is 0 Å². The molecule has 0 amide bonds. The molecular weight excluding hydrogens is 795 g/mol. The van der Waals surface area contributed by atoms with E-state index in [1.54, 1.807) is 0 Å². The first-order valence-corrected chi connectivity index (χ1v) is 23.9. The monoisotopic (exact) mass is 845 g/mol. The van der Waals surface area contributed by atoms with Crippen LogP contribution >= 0.6 is 0 Å². The Morgan fingerprint density at radius 3 is 1.39 bits per heavy atom. The number of para-hydroxylation sites is 1. The van der Waals surface area contributed by atoms with Crippen LogP contribution in [0.4, 0.5) is 17.1 Å². The van der Waals surface area contributed by atoms with Crippen LogP contribution in [0.15, 0.2) is 138 Å². The molecule has 0 aliphatic carbocycles. The lowest BCUT2D eigenvalue weighted by Crippen LogP contribution is -2.57. The quantitative estimate of drug-likeness (QED) is 0.149. The van der Waals surface area contributed by atoms with Gasteiger partial charge in [-0.1, -0.05) is 158 Å². The van der Waals surface area contributed by atoms with E-state index in [2.05, 4.69) is 240 Å². The van der Waals surface area contributed by atoms with E-state index in [-0.39, 0.29) is 0 Å². The molecule has 0 atom stereocenters. The molecular formula is C52H48B13NO. The Labute approximate surface area is 407 Å². The van der Waals surface area contributed by atoms with E-state index in [1.165, 1.54) is 115 Å². The van der Waals surface area contributed by atoms with Crippen molar-refractivity contribution in [3.63, 3.8) is 0 Å². The summed E-state index contributed by atoms with van der Waals surface area (Å²) in [4.78, 5) is 2.53. The molecule has 0 bridgehead atoms. The van der Waals surface area contributed by atoms with Crippen LogP contribution in [0.1, 0.15) is 0 Å². The molecule has 0 unspecified atom stereocenters. The van der Waals surface area contributed by atoms with Crippen LogP contribution in [-0.2, 0) is 0 Å².